The number of amides is 1. The Labute approximate surface area is 146 Å². The summed E-state index contributed by atoms with van der Waals surface area (Å²) in [4.78, 5) is 26.0. The average Bonchev–Trinajstić information content (AvgIpc) is 2.51. The molecule has 0 bridgehead atoms. The Morgan fingerprint density at radius 2 is 2.08 bits per heavy atom. The molecule has 1 heterocycles. The number of ether oxygens (including phenoxy) is 3. The average molecular weight is 355 g/mol. The number of nitrogens with one attached hydrogen (secondary N) is 1. The lowest BCUT2D eigenvalue weighted by Gasteiger charge is -2.23. The molecule has 0 aliphatic heterocycles. The number of aromatic nitrogens is 1. The van der Waals surface area contributed by atoms with Crippen LogP contribution in [0.1, 0.15) is 40.5 Å². The van der Waals surface area contributed by atoms with Gasteiger partial charge in [0.25, 0.3) is 5.88 Å². The topological polar surface area (TPSA) is 113 Å². The highest BCUT2D eigenvalue weighted by Crippen LogP contribution is 2.26. The second-order valence-electron chi connectivity index (χ2n) is 6.32. The van der Waals surface area contributed by atoms with Crippen LogP contribution in [0.2, 0.25) is 0 Å². The van der Waals surface area contributed by atoms with Crippen molar-refractivity contribution in [1.82, 2.24) is 10.3 Å². The summed E-state index contributed by atoms with van der Waals surface area (Å²) in [5.41, 5.74) is -0.786. The lowest BCUT2D eigenvalue weighted by Crippen LogP contribution is -2.39. The number of pyridine rings is 1. The molecule has 0 aromatic carbocycles. The van der Waals surface area contributed by atoms with E-state index in [1.165, 1.54) is 19.2 Å². The summed E-state index contributed by atoms with van der Waals surface area (Å²) in [5.74, 6) is 0.107. The van der Waals surface area contributed by atoms with Gasteiger partial charge in [0, 0.05) is 24.6 Å². The zero-order valence-electron chi connectivity index (χ0n) is 15.2. The van der Waals surface area contributed by atoms with Crippen molar-refractivity contribution in [2.75, 3.05) is 13.7 Å². The van der Waals surface area contributed by atoms with Crippen LogP contribution in [0.15, 0.2) is 12.1 Å². The van der Waals surface area contributed by atoms with Gasteiger partial charge >= 0.3 is 11.8 Å². The molecule has 0 saturated heterocycles. The first kappa shape index (κ1) is 20.5. The van der Waals surface area contributed by atoms with E-state index in [1.54, 1.807) is 20.8 Å². The lowest BCUT2D eigenvalue weighted by atomic mass is 10.1. The van der Waals surface area contributed by atoms with Crippen LogP contribution in [0.25, 0.3) is 0 Å². The maximum atomic E-state index is 11.8. The molecule has 25 heavy (non-hydrogen) atoms. The molecule has 0 radical (unpaired) electrons. The molecule has 1 amide bonds. The Hall–Kier alpha value is -2.58. The SMILES string of the molecule is CCC(CCOc1ccc([N+](=O)[O-])c(OC)n1)NC(=O)OC(C)(C)C. The van der Waals surface area contributed by atoms with E-state index in [9.17, 15) is 14.9 Å². The van der Waals surface area contributed by atoms with Gasteiger partial charge in [-0.1, -0.05) is 6.92 Å². The van der Waals surface area contributed by atoms with Crippen LogP contribution < -0.4 is 14.8 Å². The van der Waals surface area contributed by atoms with Gasteiger partial charge in [-0.05, 0) is 27.2 Å². The van der Waals surface area contributed by atoms with E-state index >= 15 is 0 Å². The highest BCUT2D eigenvalue weighted by atomic mass is 16.6. The molecule has 1 rings (SSSR count). The molecule has 1 aromatic heterocycles. The number of rotatable bonds is 8. The van der Waals surface area contributed by atoms with Crippen molar-refractivity contribution in [1.29, 1.82) is 0 Å². The maximum absolute atomic E-state index is 11.8. The molecule has 1 N–H and O–H groups in total. The number of methoxy groups -OCH3 is 1. The van der Waals surface area contributed by atoms with Crippen molar-refractivity contribution in [3.63, 3.8) is 0 Å². The fraction of sp³-hybridized carbons (Fsp3) is 0.625. The first-order valence-corrected chi connectivity index (χ1v) is 7.98. The third-order valence-electron chi connectivity index (χ3n) is 3.13. The molecule has 0 aliphatic carbocycles. The summed E-state index contributed by atoms with van der Waals surface area (Å²) in [5, 5.41) is 13.6. The van der Waals surface area contributed by atoms with Crippen molar-refractivity contribution >= 4 is 11.8 Å². The second-order valence-corrected chi connectivity index (χ2v) is 6.32. The summed E-state index contributed by atoms with van der Waals surface area (Å²) >= 11 is 0. The van der Waals surface area contributed by atoms with Gasteiger partial charge in [0.05, 0.1) is 18.6 Å². The summed E-state index contributed by atoms with van der Waals surface area (Å²) in [6.07, 6.45) is 0.769. The number of carbonyl (C=O) groups excluding carboxylic acids is 1. The third kappa shape index (κ3) is 7.23. The van der Waals surface area contributed by atoms with Crippen LogP contribution in [0, 0.1) is 10.1 Å². The summed E-state index contributed by atoms with van der Waals surface area (Å²) in [6, 6.07) is 2.56. The van der Waals surface area contributed by atoms with Crippen molar-refractivity contribution in [3.05, 3.63) is 22.2 Å². The van der Waals surface area contributed by atoms with Gasteiger partial charge in [-0.15, -0.1) is 0 Å². The first-order chi connectivity index (χ1) is 11.7. The highest BCUT2D eigenvalue weighted by Gasteiger charge is 2.20. The van der Waals surface area contributed by atoms with Crippen molar-refractivity contribution in [2.45, 2.75) is 52.2 Å². The third-order valence-corrected chi connectivity index (χ3v) is 3.13. The smallest absolute Gasteiger partial charge is 0.407 e. The van der Waals surface area contributed by atoms with Crippen LogP contribution in [-0.2, 0) is 4.74 Å². The first-order valence-electron chi connectivity index (χ1n) is 7.98. The van der Waals surface area contributed by atoms with Crippen LogP contribution in [0.5, 0.6) is 11.8 Å². The fourth-order valence-corrected chi connectivity index (χ4v) is 1.94. The number of hydrogen-bond acceptors (Lipinski definition) is 7. The molecule has 1 atom stereocenters. The molecule has 0 fully saturated rings. The van der Waals surface area contributed by atoms with E-state index in [4.69, 9.17) is 14.2 Å². The minimum Gasteiger partial charge on any atom is -0.477 e. The summed E-state index contributed by atoms with van der Waals surface area (Å²) in [6.45, 7) is 7.61. The van der Waals surface area contributed by atoms with Gasteiger partial charge < -0.3 is 19.5 Å². The molecule has 1 unspecified atom stereocenters. The molecule has 0 saturated carbocycles. The van der Waals surface area contributed by atoms with E-state index in [0.29, 0.717) is 12.8 Å². The van der Waals surface area contributed by atoms with E-state index in [2.05, 4.69) is 10.3 Å². The Morgan fingerprint density at radius 1 is 1.40 bits per heavy atom. The predicted molar refractivity (Wildman–Crippen MR) is 91.0 cm³/mol. The monoisotopic (exact) mass is 355 g/mol. The molecular weight excluding hydrogens is 330 g/mol. The van der Waals surface area contributed by atoms with Gasteiger partial charge in [0.15, 0.2) is 0 Å². The Kier molecular flexibility index (Phi) is 7.41. The van der Waals surface area contributed by atoms with Gasteiger partial charge in [-0.25, -0.2) is 4.79 Å². The molecular formula is C16H25N3O6. The van der Waals surface area contributed by atoms with Gasteiger partial charge in [0.2, 0.25) is 5.88 Å². The molecule has 0 aliphatic rings. The standard InChI is InChI=1S/C16H25N3O6/c1-6-11(17-15(20)25-16(2,3)4)9-10-24-13-8-7-12(19(21)22)14(18-13)23-5/h7-8,11H,6,9-10H2,1-5H3,(H,17,20). The quantitative estimate of drug-likeness (QED) is 0.563. The van der Waals surface area contributed by atoms with Crippen molar-refractivity contribution in [2.24, 2.45) is 0 Å². The normalized spacial score (nSPS) is 12.2. The number of nitrogens with zero attached hydrogens (tertiary/aromatic N) is 2. The van der Waals surface area contributed by atoms with Crippen molar-refractivity contribution < 1.29 is 23.9 Å². The van der Waals surface area contributed by atoms with Crippen molar-refractivity contribution in [3.8, 4) is 11.8 Å². The summed E-state index contributed by atoms with van der Waals surface area (Å²) < 4.78 is 15.6. The number of carbonyl (C=O) groups is 1. The van der Waals surface area contributed by atoms with E-state index in [1.807, 2.05) is 6.92 Å². The summed E-state index contributed by atoms with van der Waals surface area (Å²) in [7, 11) is 1.30. The number of nitro groups is 1. The number of hydrogen-bond donors (Lipinski definition) is 1. The molecule has 9 heteroatoms. The van der Waals surface area contributed by atoms with Crippen LogP contribution in [-0.4, -0.2) is 41.4 Å². The Balaban J connectivity index is 2.54. The maximum Gasteiger partial charge on any atom is 0.407 e. The van der Waals surface area contributed by atoms with Crippen LogP contribution >= 0.6 is 0 Å². The van der Waals surface area contributed by atoms with E-state index < -0.39 is 16.6 Å². The van der Waals surface area contributed by atoms with E-state index in [-0.39, 0.29) is 30.1 Å². The van der Waals surface area contributed by atoms with E-state index in [0.717, 1.165) is 0 Å². The van der Waals surface area contributed by atoms with Gasteiger partial charge in [-0.2, -0.15) is 4.98 Å². The Bertz CT molecular complexity index is 600. The second kappa shape index (κ2) is 9.05. The lowest BCUT2D eigenvalue weighted by molar-refractivity contribution is -0.386. The molecule has 9 nitrogen and oxygen atoms in total. The number of alkyl carbamates (subject to hydrolysis) is 1. The van der Waals surface area contributed by atoms with Crippen LogP contribution in [0.4, 0.5) is 10.5 Å². The van der Waals surface area contributed by atoms with Gasteiger partial charge in [-0.3, -0.25) is 10.1 Å². The molecule has 1 aromatic rings. The predicted octanol–water partition coefficient (Wildman–Crippen LogP) is 3.07. The zero-order chi connectivity index (χ0) is 19.0. The molecule has 140 valence electrons. The largest absolute Gasteiger partial charge is 0.477 e. The fourth-order valence-electron chi connectivity index (χ4n) is 1.94. The minimum atomic E-state index is -0.576. The molecule has 0 spiro atoms. The Morgan fingerprint density at radius 3 is 2.60 bits per heavy atom. The van der Waals surface area contributed by atoms with Crippen LogP contribution in [0.3, 0.4) is 0 Å². The zero-order valence-corrected chi connectivity index (χ0v) is 15.2. The highest BCUT2D eigenvalue weighted by molar-refractivity contribution is 5.68. The van der Waals surface area contributed by atoms with Gasteiger partial charge in [0.1, 0.15) is 5.60 Å². The minimum absolute atomic E-state index is 0.110.